The van der Waals surface area contributed by atoms with Crippen molar-refractivity contribution < 1.29 is 13.5 Å². The maximum atomic E-state index is 13.7. The van der Waals surface area contributed by atoms with Crippen molar-refractivity contribution in [1.82, 2.24) is 0 Å². The van der Waals surface area contributed by atoms with Crippen LogP contribution in [0.2, 0.25) is 5.02 Å². The molecule has 2 aromatic rings. The molecule has 2 aromatic carbocycles. The van der Waals surface area contributed by atoms with Gasteiger partial charge in [-0.2, -0.15) is 0 Å². The third-order valence-electron chi connectivity index (χ3n) is 3.29. The fraction of sp³-hybridized carbons (Fsp3) is 0.200. The van der Waals surface area contributed by atoms with E-state index in [-0.39, 0.29) is 10.7 Å². The first-order chi connectivity index (χ1) is 10.0. The summed E-state index contributed by atoms with van der Waals surface area (Å²) in [6.07, 6.45) is 0.855. The van der Waals surface area contributed by atoms with Crippen molar-refractivity contribution in [3.8, 4) is 5.75 Å². The number of nitrogens with one attached hydrogen (secondary N) is 1. The number of anilines is 1. The Kier molecular flexibility index (Phi) is 4.04. The molecule has 6 heteroatoms. The summed E-state index contributed by atoms with van der Waals surface area (Å²) < 4.78 is 33.3. The monoisotopic (exact) mass is 373 g/mol. The van der Waals surface area contributed by atoms with Crippen LogP contribution in [0.25, 0.3) is 0 Å². The maximum absolute atomic E-state index is 13.7. The fourth-order valence-corrected chi connectivity index (χ4v) is 3.19. The van der Waals surface area contributed by atoms with Crippen molar-refractivity contribution in [3.05, 3.63) is 56.5 Å². The quantitative estimate of drug-likeness (QED) is 0.823. The fourth-order valence-electron chi connectivity index (χ4n) is 2.37. The van der Waals surface area contributed by atoms with Gasteiger partial charge in [0.05, 0.1) is 17.3 Å². The lowest BCUT2D eigenvalue weighted by molar-refractivity contribution is 0.354. The normalized spacial score (nSPS) is 13.0. The summed E-state index contributed by atoms with van der Waals surface area (Å²) in [7, 11) is 0. The van der Waals surface area contributed by atoms with Gasteiger partial charge in [-0.3, -0.25) is 0 Å². The first-order valence-corrected chi connectivity index (χ1v) is 7.54. The van der Waals surface area contributed by atoms with Crippen LogP contribution in [0, 0.1) is 11.6 Å². The minimum absolute atomic E-state index is 0.0139. The predicted octanol–water partition coefficient (Wildman–Crippen LogP) is 4.93. The van der Waals surface area contributed by atoms with Crippen molar-refractivity contribution in [2.24, 2.45) is 0 Å². The molecule has 3 rings (SSSR count). The summed E-state index contributed by atoms with van der Waals surface area (Å²) in [5.41, 5.74) is 2.10. The molecule has 0 saturated heterocycles. The summed E-state index contributed by atoms with van der Waals surface area (Å²) in [5, 5.41) is 2.92. The third-order valence-corrected chi connectivity index (χ3v) is 4.04. The van der Waals surface area contributed by atoms with Crippen LogP contribution >= 0.6 is 27.5 Å². The summed E-state index contributed by atoms with van der Waals surface area (Å²) >= 11 is 9.31. The highest BCUT2D eigenvalue weighted by atomic mass is 79.9. The molecule has 0 amide bonds. The van der Waals surface area contributed by atoms with Crippen LogP contribution in [0.15, 0.2) is 28.7 Å². The molecule has 0 saturated carbocycles. The van der Waals surface area contributed by atoms with Crippen LogP contribution in [-0.2, 0) is 13.0 Å². The zero-order chi connectivity index (χ0) is 15.0. The molecular formula is C15H11BrClF2NO. The summed E-state index contributed by atoms with van der Waals surface area (Å²) in [6.45, 7) is 0.981. The molecule has 1 N–H and O–H groups in total. The summed E-state index contributed by atoms with van der Waals surface area (Å²) in [4.78, 5) is 0. The largest absolute Gasteiger partial charge is 0.493 e. The van der Waals surface area contributed by atoms with Gasteiger partial charge in [0.25, 0.3) is 0 Å². The first kappa shape index (κ1) is 14.6. The summed E-state index contributed by atoms with van der Waals surface area (Å²) in [6, 6.07) is 5.80. The summed E-state index contributed by atoms with van der Waals surface area (Å²) in [5.74, 6) is -0.591. The average Bonchev–Trinajstić information content (AvgIpc) is 2.85. The Morgan fingerprint density at radius 3 is 2.81 bits per heavy atom. The molecule has 0 unspecified atom stereocenters. The van der Waals surface area contributed by atoms with Gasteiger partial charge < -0.3 is 10.1 Å². The Labute approximate surface area is 134 Å². The Balaban J connectivity index is 1.86. The number of halogens is 4. The van der Waals surface area contributed by atoms with E-state index in [2.05, 4.69) is 21.2 Å². The van der Waals surface area contributed by atoms with E-state index in [1.165, 1.54) is 0 Å². The molecule has 1 aliphatic rings. The average molecular weight is 375 g/mol. The van der Waals surface area contributed by atoms with E-state index in [9.17, 15) is 8.78 Å². The molecule has 0 bridgehead atoms. The maximum Gasteiger partial charge on any atom is 0.150 e. The van der Waals surface area contributed by atoms with E-state index >= 15 is 0 Å². The van der Waals surface area contributed by atoms with Gasteiger partial charge in [-0.25, -0.2) is 8.78 Å². The van der Waals surface area contributed by atoms with Gasteiger partial charge in [-0.15, -0.1) is 0 Å². The second-order valence-corrected chi connectivity index (χ2v) is 6.07. The molecule has 1 aliphatic heterocycles. The molecule has 1 heterocycles. The van der Waals surface area contributed by atoms with Crippen LogP contribution in [0.1, 0.15) is 11.1 Å². The van der Waals surface area contributed by atoms with Gasteiger partial charge in [0.1, 0.15) is 11.6 Å². The number of benzene rings is 2. The first-order valence-electron chi connectivity index (χ1n) is 6.37. The smallest absolute Gasteiger partial charge is 0.150 e. The zero-order valence-electron chi connectivity index (χ0n) is 10.9. The Morgan fingerprint density at radius 1 is 1.24 bits per heavy atom. The topological polar surface area (TPSA) is 21.3 Å². The number of fused-ring (bicyclic) bond motifs is 1. The van der Waals surface area contributed by atoms with E-state index in [1.54, 1.807) is 0 Å². The second kappa shape index (κ2) is 5.81. The van der Waals surface area contributed by atoms with Gasteiger partial charge in [0.15, 0.2) is 5.82 Å². The minimum atomic E-state index is -0.715. The molecule has 21 heavy (non-hydrogen) atoms. The standard InChI is InChI=1S/C15H11BrClF2NO/c16-10-3-8-1-2-21-15(8)9(4-10)7-20-14-12(17)5-11(18)6-13(14)19/h3-6,20H,1-2,7H2. The zero-order valence-corrected chi connectivity index (χ0v) is 13.2. The number of rotatable bonds is 3. The van der Waals surface area contributed by atoms with Gasteiger partial charge >= 0.3 is 0 Å². The Morgan fingerprint density at radius 2 is 2.05 bits per heavy atom. The highest BCUT2D eigenvalue weighted by Gasteiger charge is 2.18. The lowest BCUT2D eigenvalue weighted by atomic mass is 10.1. The van der Waals surface area contributed by atoms with Crippen LogP contribution in [0.4, 0.5) is 14.5 Å². The SMILES string of the molecule is Fc1cc(F)c(NCc2cc(Br)cc3c2OCC3)c(Cl)c1. The molecular weight excluding hydrogens is 364 g/mol. The van der Waals surface area contributed by atoms with Crippen molar-refractivity contribution in [2.45, 2.75) is 13.0 Å². The molecule has 0 atom stereocenters. The van der Waals surface area contributed by atoms with Crippen LogP contribution in [0.5, 0.6) is 5.75 Å². The number of hydrogen-bond acceptors (Lipinski definition) is 2. The third kappa shape index (κ3) is 2.99. The van der Waals surface area contributed by atoms with Crippen molar-refractivity contribution in [2.75, 3.05) is 11.9 Å². The van der Waals surface area contributed by atoms with Crippen LogP contribution in [0.3, 0.4) is 0 Å². The van der Waals surface area contributed by atoms with Crippen molar-refractivity contribution >= 4 is 33.2 Å². The van der Waals surface area contributed by atoms with E-state index in [4.69, 9.17) is 16.3 Å². The van der Waals surface area contributed by atoms with E-state index in [0.29, 0.717) is 13.2 Å². The number of hydrogen-bond donors (Lipinski definition) is 1. The highest BCUT2D eigenvalue weighted by molar-refractivity contribution is 9.10. The lowest BCUT2D eigenvalue weighted by Crippen LogP contribution is -2.04. The second-order valence-electron chi connectivity index (χ2n) is 4.75. The highest BCUT2D eigenvalue weighted by Crippen LogP contribution is 2.34. The van der Waals surface area contributed by atoms with Crippen molar-refractivity contribution in [3.63, 3.8) is 0 Å². The van der Waals surface area contributed by atoms with E-state index in [0.717, 1.165) is 39.9 Å². The Bertz CT molecular complexity index is 685. The minimum Gasteiger partial charge on any atom is -0.493 e. The van der Waals surface area contributed by atoms with E-state index in [1.807, 2.05) is 12.1 Å². The van der Waals surface area contributed by atoms with Gasteiger partial charge in [0, 0.05) is 29.1 Å². The molecule has 0 aliphatic carbocycles. The molecule has 0 radical (unpaired) electrons. The molecule has 0 aromatic heterocycles. The van der Waals surface area contributed by atoms with Crippen molar-refractivity contribution in [1.29, 1.82) is 0 Å². The Hall–Kier alpha value is -1.33. The van der Waals surface area contributed by atoms with E-state index < -0.39 is 11.6 Å². The van der Waals surface area contributed by atoms with Gasteiger partial charge in [0.2, 0.25) is 0 Å². The van der Waals surface area contributed by atoms with Crippen LogP contribution < -0.4 is 10.1 Å². The number of ether oxygens (including phenoxy) is 1. The molecule has 0 spiro atoms. The van der Waals surface area contributed by atoms with Crippen LogP contribution in [-0.4, -0.2) is 6.61 Å². The molecule has 2 nitrogen and oxygen atoms in total. The van der Waals surface area contributed by atoms with Gasteiger partial charge in [-0.1, -0.05) is 27.5 Å². The molecule has 110 valence electrons. The molecule has 0 fully saturated rings. The van der Waals surface area contributed by atoms with Gasteiger partial charge in [-0.05, 0) is 23.8 Å². The lowest BCUT2D eigenvalue weighted by Gasteiger charge is -2.13. The predicted molar refractivity (Wildman–Crippen MR) is 82.0 cm³/mol.